The number of aryl methyl sites for hydroxylation is 1. The van der Waals surface area contributed by atoms with Crippen LogP contribution in [0.1, 0.15) is 28.6 Å². The maximum Gasteiger partial charge on any atom is 0.341 e. The molecule has 18 heavy (non-hydrogen) atoms. The van der Waals surface area contributed by atoms with Crippen molar-refractivity contribution < 1.29 is 14.7 Å². The van der Waals surface area contributed by atoms with Crippen molar-refractivity contribution in [3.63, 3.8) is 0 Å². The molecule has 1 N–H and O–H groups in total. The fourth-order valence-electron chi connectivity index (χ4n) is 1.65. The predicted molar refractivity (Wildman–Crippen MR) is 69.5 cm³/mol. The zero-order valence-electron chi connectivity index (χ0n) is 10.1. The van der Waals surface area contributed by atoms with Crippen molar-refractivity contribution in [2.45, 2.75) is 20.3 Å². The lowest BCUT2D eigenvalue weighted by Gasteiger charge is -2.10. The molecule has 0 fully saturated rings. The lowest BCUT2D eigenvalue weighted by molar-refractivity contribution is 0.0687. The molecule has 2 aromatic rings. The van der Waals surface area contributed by atoms with E-state index in [4.69, 9.17) is 9.94 Å². The van der Waals surface area contributed by atoms with E-state index in [1.165, 1.54) is 22.3 Å². The molecule has 0 spiro atoms. The monoisotopic (exact) mass is 267 g/mol. The highest BCUT2D eigenvalue weighted by atomic mass is 32.1. The van der Waals surface area contributed by atoms with Crippen LogP contribution in [0.5, 0.6) is 0 Å². The van der Waals surface area contributed by atoms with Crippen LogP contribution in [-0.2, 0) is 0 Å². The molecule has 2 aromatic heterocycles. The molecule has 0 bridgehead atoms. The molecule has 0 atom stereocenters. The van der Waals surface area contributed by atoms with E-state index in [9.17, 15) is 9.59 Å². The van der Waals surface area contributed by atoms with Crippen LogP contribution in [0.4, 0.5) is 0 Å². The molecule has 0 radical (unpaired) electrons. The standard InChI is InChI=1S/C12H13NO4S/c1-3-4-17-13-6-9(12(15)16)10(14)8-5-7(2)18-11(8)13/h5-6H,3-4H2,1-2H3,(H,15,16). The van der Waals surface area contributed by atoms with Crippen LogP contribution in [0.15, 0.2) is 17.1 Å². The van der Waals surface area contributed by atoms with Crippen molar-refractivity contribution in [1.82, 2.24) is 4.73 Å². The average Bonchev–Trinajstić information content (AvgIpc) is 2.70. The highest BCUT2D eigenvalue weighted by molar-refractivity contribution is 7.18. The molecule has 0 aliphatic rings. The van der Waals surface area contributed by atoms with E-state index in [2.05, 4.69) is 0 Å². The van der Waals surface area contributed by atoms with E-state index in [0.717, 1.165) is 11.3 Å². The van der Waals surface area contributed by atoms with Crippen molar-refractivity contribution in [2.75, 3.05) is 6.61 Å². The topological polar surface area (TPSA) is 68.5 Å². The Morgan fingerprint density at radius 1 is 1.56 bits per heavy atom. The SMILES string of the molecule is CCCOn1cc(C(=O)O)c(=O)c2cc(C)sc21. The molecular weight excluding hydrogens is 254 g/mol. The molecule has 0 aliphatic heterocycles. The molecule has 5 nitrogen and oxygen atoms in total. The fraction of sp³-hybridized carbons (Fsp3) is 0.333. The second-order valence-electron chi connectivity index (χ2n) is 3.91. The third kappa shape index (κ3) is 2.11. The number of carbonyl (C=O) groups is 1. The van der Waals surface area contributed by atoms with Crippen molar-refractivity contribution in [3.8, 4) is 0 Å². The van der Waals surface area contributed by atoms with Gasteiger partial charge < -0.3 is 9.94 Å². The number of rotatable bonds is 4. The molecule has 2 heterocycles. The van der Waals surface area contributed by atoms with Gasteiger partial charge in [-0.05, 0) is 19.4 Å². The summed E-state index contributed by atoms with van der Waals surface area (Å²) in [6, 6.07) is 1.70. The van der Waals surface area contributed by atoms with E-state index in [1.807, 2.05) is 13.8 Å². The maximum absolute atomic E-state index is 12.0. The minimum absolute atomic E-state index is 0.267. The number of nitrogens with zero attached hydrogens (tertiary/aromatic N) is 1. The zero-order chi connectivity index (χ0) is 13.3. The molecule has 6 heteroatoms. The Bertz CT molecular complexity index is 656. The largest absolute Gasteiger partial charge is 0.477 e. The first-order valence-corrected chi connectivity index (χ1v) is 6.38. The number of thiophene rings is 1. The van der Waals surface area contributed by atoms with Gasteiger partial charge in [-0.1, -0.05) is 6.92 Å². The summed E-state index contributed by atoms with van der Waals surface area (Å²) in [5, 5.41) is 9.41. The van der Waals surface area contributed by atoms with Gasteiger partial charge in [0.2, 0.25) is 5.43 Å². The van der Waals surface area contributed by atoms with Gasteiger partial charge in [-0.15, -0.1) is 11.3 Å². The van der Waals surface area contributed by atoms with Crippen molar-refractivity contribution in [1.29, 1.82) is 0 Å². The van der Waals surface area contributed by atoms with Gasteiger partial charge in [-0.3, -0.25) is 4.79 Å². The molecule has 0 amide bonds. The summed E-state index contributed by atoms with van der Waals surface area (Å²) in [5.74, 6) is -1.24. The Labute approximate surface area is 107 Å². The van der Waals surface area contributed by atoms with Gasteiger partial charge in [0.05, 0.1) is 11.6 Å². The van der Waals surface area contributed by atoms with E-state index < -0.39 is 11.4 Å². The van der Waals surface area contributed by atoms with Crippen LogP contribution in [0.2, 0.25) is 0 Å². The Balaban J connectivity index is 2.71. The number of carboxylic acid groups (broad SMARTS) is 1. The Hall–Kier alpha value is -1.82. The lowest BCUT2D eigenvalue weighted by atomic mass is 10.2. The van der Waals surface area contributed by atoms with Gasteiger partial charge in [0.15, 0.2) is 0 Å². The van der Waals surface area contributed by atoms with E-state index in [1.54, 1.807) is 6.07 Å². The third-order valence-corrected chi connectivity index (χ3v) is 3.47. The van der Waals surface area contributed by atoms with Gasteiger partial charge in [0, 0.05) is 4.88 Å². The molecule has 0 saturated heterocycles. The maximum atomic E-state index is 12.0. The van der Waals surface area contributed by atoms with Crippen LogP contribution < -0.4 is 10.3 Å². The van der Waals surface area contributed by atoms with Crippen LogP contribution in [0.25, 0.3) is 10.2 Å². The van der Waals surface area contributed by atoms with Gasteiger partial charge in [0.1, 0.15) is 17.0 Å². The van der Waals surface area contributed by atoms with Crippen molar-refractivity contribution >= 4 is 27.5 Å². The van der Waals surface area contributed by atoms with E-state index in [0.29, 0.717) is 16.8 Å². The van der Waals surface area contributed by atoms with Crippen molar-refractivity contribution in [3.05, 3.63) is 32.9 Å². The second kappa shape index (κ2) is 4.81. The van der Waals surface area contributed by atoms with Crippen LogP contribution in [-0.4, -0.2) is 22.4 Å². The molecule has 0 aliphatic carbocycles. The van der Waals surface area contributed by atoms with Crippen LogP contribution in [0.3, 0.4) is 0 Å². The molecule has 0 unspecified atom stereocenters. The zero-order valence-corrected chi connectivity index (χ0v) is 10.9. The summed E-state index contributed by atoms with van der Waals surface area (Å²) < 4.78 is 1.39. The van der Waals surface area contributed by atoms with E-state index >= 15 is 0 Å². The predicted octanol–water partition coefficient (Wildman–Crippen LogP) is 1.91. The molecule has 0 aromatic carbocycles. The third-order valence-electron chi connectivity index (χ3n) is 2.44. The van der Waals surface area contributed by atoms with Crippen molar-refractivity contribution in [2.24, 2.45) is 0 Å². The van der Waals surface area contributed by atoms with Gasteiger partial charge >= 0.3 is 5.97 Å². The number of hydrogen-bond acceptors (Lipinski definition) is 4. The minimum Gasteiger partial charge on any atom is -0.477 e. The van der Waals surface area contributed by atoms with Crippen LogP contribution in [0, 0.1) is 6.92 Å². The number of fused-ring (bicyclic) bond motifs is 1. The highest BCUT2D eigenvalue weighted by Crippen LogP contribution is 2.22. The molecule has 2 rings (SSSR count). The summed E-state index contributed by atoms with van der Waals surface area (Å²) in [7, 11) is 0. The smallest absolute Gasteiger partial charge is 0.341 e. The van der Waals surface area contributed by atoms with Gasteiger partial charge in [-0.2, -0.15) is 4.73 Å². The average molecular weight is 267 g/mol. The summed E-state index contributed by atoms with van der Waals surface area (Å²) in [4.78, 5) is 30.0. The van der Waals surface area contributed by atoms with Gasteiger partial charge in [-0.25, -0.2) is 4.79 Å². The number of aromatic carboxylic acids is 1. The second-order valence-corrected chi connectivity index (χ2v) is 5.15. The number of pyridine rings is 1. The Morgan fingerprint density at radius 3 is 2.89 bits per heavy atom. The Morgan fingerprint density at radius 2 is 2.28 bits per heavy atom. The normalized spacial score (nSPS) is 10.8. The molecule has 96 valence electrons. The van der Waals surface area contributed by atoms with Crippen LogP contribution >= 0.6 is 11.3 Å². The number of hydrogen-bond donors (Lipinski definition) is 1. The first kappa shape index (κ1) is 12.6. The lowest BCUT2D eigenvalue weighted by Crippen LogP contribution is -2.21. The summed E-state index contributed by atoms with van der Waals surface area (Å²) >= 11 is 1.41. The first-order valence-electron chi connectivity index (χ1n) is 5.57. The number of carboxylic acids is 1. The fourth-order valence-corrected chi connectivity index (χ4v) is 2.58. The summed E-state index contributed by atoms with van der Waals surface area (Å²) in [6.07, 6.45) is 2.05. The van der Waals surface area contributed by atoms with E-state index in [-0.39, 0.29) is 5.56 Å². The number of aromatic nitrogens is 1. The Kier molecular flexibility index (Phi) is 3.38. The quantitative estimate of drug-likeness (QED) is 0.918. The molecular formula is C12H13NO4S. The highest BCUT2D eigenvalue weighted by Gasteiger charge is 2.16. The minimum atomic E-state index is -1.24. The molecule has 0 saturated carbocycles. The summed E-state index contributed by atoms with van der Waals surface area (Å²) in [6.45, 7) is 4.29. The van der Waals surface area contributed by atoms with Gasteiger partial charge in [0.25, 0.3) is 0 Å². The summed E-state index contributed by atoms with van der Waals surface area (Å²) in [5.41, 5.74) is -0.727. The first-order chi connectivity index (χ1) is 8.54.